The molecule has 0 saturated carbocycles. The Morgan fingerprint density at radius 1 is 1.23 bits per heavy atom. The molecule has 0 aliphatic carbocycles. The van der Waals surface area contributed by atoms with Gasteiger partial charge in [-0.15, -0.1) is 0 Å². The zero-order valence-electron chi connectivity index (χ0n) is 14.6. The number of hydrogen-bond donors (Lipinski definition) is 2. The van der Waals surface area contributed by atoms with E-state index in [1.807, 2.05) is 4.90 Å². The first-order chi connectivity index (χ1) is 12.5. The first-order valence-corrected chi connectivity index (χ1v) is 8.95. The lowest BCUT2D eigenvalue weighted by Gasteiger charge is -2.32. The third-order valence-electron chi connectivity index (χ3n) is 5.27. The van der Waals surface area contributed by atoms with E-state index in [1.54, 1.807) is 12.1 Å². The van der Waals surface area contributed by atoms with Crippen LogP contribution in [0.5, 0.6) is 0 Å². The molecule has 1 aromatic carbocycles. The van der Waals surface area contributed by atoms with Gasteiger partial charge in [-0.1, -0.05) is 19.1 Å². The largest absolute Gasteiger partial charge is 0.342 e. The number of nitrogens with zero attached hydrogens (tertiary/aromatic N) is 2. The van der Waals surface area contributed by atoms with Gasteiger partial charge in [0.15, 0.2) is 0 Å². The summed E-state index contributed by atoms with van der Waals surface area (Å²) in [5, 5.41) is 2.71. The molecule has 1 saturated heterocycles. The Balaban J connectivity index is 1.74. The number of amides is 1. The van der Waals surface area contributed by atoms with E-state index >= 15 is 0 Å². The van der Waals surface area contributed by atoms with E-state index in [2.05, 4.69) is 22.2 Å². The highest BCUT2D eigenvalue weighted by molar-refractivity contribution is 5.94. The molecule has 1 aromatic heterocycles. The minimum absolute atomic E-state index is 0.0990. The number of aromatic amines is 1. The molecule has 6 nitrogen and oxygen atoms in total. The second kappa shape index (κ2) is 6.55. The van der Waals surface area contributed by atoms with Gasteiger partial charge in [0.2, 0.25) is 11.9 Å². The highest BCUT2D eigenvalue weighted by Crippen LogP contribution is 2.34. The quantitative estimate of drug-likeness (QED) is 0.867. The van der Waals surface area contributed by atoms with Crippen molar-refractivity contribution in [1.82, 2.24) is 9.97 Å². The number of fused-ring (bicyclic) bond motifs is 1. The number of rotatable bonds is 2. The maximum absolute atomic E-state index is 13.6. The molecule has 1 unspecified atom stereocenters. The third kappa shape index (κ3) is 3.09. The molecule has 2 aliphatic heterocycles. The zero-order valence-corrected chi connectivity index (χ0v) is 14.6. The Labute approximate surface area is 150 Å². The summed E-state index contributed by atoms with van der Waals surface area (Å²) in [5.74, 6) is 0.323. The van der Waals surface area contributed by atoms with Crippen molar-refractivity contribution >= 4 is 17.7 Å². The summed E-state index contributed by atoms with van der Waals surface area (Å²) in [5.41, 5.74) is 0.718. The maximum Gasteiger partial charge on any atom is 0.258 e. The van der Waals surface area contributed by atoms with Crippen LogP contribution in [-0.4, -0.2) is 29.0 Å². The second-order valence-corrected chi connectivity index (χ2v) is 7.18. The summed E-state index contributed by atoms with van der Waals surface area (Å²) < 4.78 is 13.6. The number of carbonyl (C=O) groups excluding carboxylic acids is 1. The van der Waals surface area contributed by atoms with Crippen molar-refractivity contribution in [2.24, 2.45) is 5.92 Å². The predicted octanol–water partition coefficient (Wildman–Crippen LogP) is 2.62. The fraction of sp³-hybridized carbons (Fsp3) is 0.421. The number of nitrogens with one attached hydrogen (secondary N) is 2. The average Bonchev–Trinajstić information content (AvgIpc) is 2.61. The van der Waals surface area contributed by atoms with E-state index in [9.17, 15) is 14.0 Å². The van der Waals surface area contributed by atoms with Gasteiger partial charge in [-0.2, -0.15) is 4.98 Å². The monoisotopic (exact) mass is 356 g/mol. The summed E-state index contributed by atoms with van der Waals surface area (Å²) >= 11 is 0. The summed E-state index contributed by atoms with van der Waals surface area (Å²) in [4.78, 5) is 34.4. The van der Waals surface area contributed by atoms with E-state index in [0.717, 1.165) is 25.9 Å². The van der Waals surface area contributed by atoms with Gasteiger partial charge in [-0.25, -0.2) is 4.39 Å². The van der Waals surface area contributed by atoms with Crippen molar-refractivity contribution in [2.75, 3.05) is 23.3 Å². The molecular formula is C19H21FN4O2. The van der Waals surface area contributed by atoms with Crippen LogP contribution in [0.1, 0.15) is 43.2 Å². The number of halogens is 1. The van der Waals surface area contributed by atoms with E-state index in [-0.39, 0.29) is 23.7 Å². The van der Waals surface area contributed by atoms with Crippen LogP contribution in [0.4, 0.5) is 16.2 Å². The van der Waals surface area contributed by atoms with Crippen molar-refractivity contribution in [3.63, 3.8) is 0 Å². The number of piperidine rings is 1. The Morgan fingerprint density at radius 2 is 2.00 bits per heavy atom. The molecule has 26 heavy (non-hydrogen) atoms. The number of hydrogen-bond acceptors (Lipinski definition) is 4. The number of anilines is 2. The van der Waals surface area contributed by atoms with Crippen LogP contribution in [0.3, 0.4) is 0 Å². The molecule has 0 bridgehead atoms. The predicted molar refractivity (Wildman–Crippen MR) is 97.0 cm³/mol. The Bertz CT molecular complexity index is 903. The van der Waals surface area contributed by atoms with E-state index < -0.39 is 11.7 Å². The Kier molecular flexibility index (Phi) is 4.22. The zero-order chi connectivity index (χ0) is 18.3. The topological polar surface area (TPSA) is 78.1 Å². The fourth-order valence-electron chi connectivity index (χ4n) is 3.74. The van der Waals surface area contributed by atoms with Crippen LogP contribution in [0.15, 0.2) is 29.1 Å². The van der Waals surface area contributed by atoms with Gasteiger partial charge < -0.3 is 10.2 Å². The standard InChI is InChI=1S/C19H21FN4O2/c1-11-5-7-24(8-6-11)19-22-17-16(18(26)23-19)14(10-15(25)21-17)12-3-2-4-13(20)9-12/h2-4,9,11,14H,5-8,10H2,1H3,(H2,21,22,23,25,26). The lowest BCUT2D eigenvalue weighted by Crippen LogP contribution is -2.37. The molecular weight excluding hydrogens is 335 g/mol. The van der Waals surface area contributed by atoms with Crippen molar-refractivity contribution in [2.45, 2.75) is 32.1 Å². The summed E-state index contributed by atoms with van der Waals surface area (Å²) in [6.45, 7) is 3.86. The number of H-pyrrole nitrogens is 1. The fourth-order valence-corrected chi connectivity index (χ4v) is 3.74. The molecule has 7 heteroatoms. The van der Waals surface area contributed by atoms with Crippen molar-refractivity contribution in [1.29, 1.82) is 0 Å². The smallest absolute Gasteiger partial charge is 0.258 e. The van der Waals surface area contributed by atoms with Gasteiger partial charge in [0, 0.05) is 25.4 Å². The van der Waals surface area contributed by atoms with Gasteiger partial charge >= 0.3 is 0 Å². The molecule has 1 amide bonds. The van der Waals surface area contributed by atoms with Crippen LogP contribution < -0.4 is 15.8 Å². The minimum atomic E-state index is -0.499. The van der Waals surface area contributed by atoms with Crippen LogP contribution >= 0.6 is 0 Å². The molecule has 2 N–H and O–H groups in total. The SMILES string of the molecule is CC1CCN(c2nc3c(c(=O)[nH]2)C(c2cccc(F)c2)CC(=O)N3)CC1. The van der Waals surface area contributed by atoms with Crippen molar-refractivity contribution in [3.05, 3.63) is 51.6 Å². The van der Waals surface area contributed by atoms with Crippen LogP contribution in [0, 0.1) is 11.7 Å². The summed E-state index contributed by atoms with van der Waals surface area (Å²) in [6.07, 6.45) is 2.18. The van der Waals surface area contributed by atoms with Gasteiger partial charge in [-0.05, 0) is 36.5 Å². The molecule has 3 heterocycles. The minimum Gasteiger partial charge on any atom is -0.342 e. The highest BCUT2D eigenvalue weighted by Gasteiger charge is 2.32. The van der Waals surface area contributed by atoms with Crippen molar-refractivity contribution < 1.29 is 9.18 Å². The van der Waals surface area contributed by atoms with Gasteiger partial charge in [-0.3, -0.25) is 14.6 Å². The van der Waals surface area contributed by atoms with Gasteiger partial charge in [0.25, 0.3) is 5.56 Å². The number of aromatic nitrogens is 2. The molecule has 2 aliphatic rings. The van der Waals surface area contributed by atoms with Gasteiger partial charge in [0.05, 0.1) is 5.56 Å². The molecule has 1 fully saturated rings. The normalized spacial score (nSPS) is 20.6. The highest BCUT2D eigenvalue weighted by atomic mass is 19.1. The second-order valence-electron chi connectivity index (χ2n) is 7.18. The van der Waals surface area contributed by atoms with Crippen LogP contribution in [0.25, 0.3) is 0 Å². The van der Waals surface area contributed by atoms with Crippen LogP contribution in [0.2, 0.25) is 0 Å². The van der Waals surface area contributed by atoms with E-state index in [4.69, 9.17) is 0 Å². The molecule has 2 aromatic rings. The molecule has 136 valence electrons. The summed E-state index contributed by atoms with van der Waals surface area (Å²) in [6, 6.07) is 6.03. The van der Waals surface area contributed by atoms with Gasteiger partial charge in [0.1, 0.15) is 11.6 Å². The lowest BCUT2D eigenvalue weighted by atomic mass is 9.87. The first-order valence-electron chi connectivity index (χ1n) is 8.95. The molecule has 4 rings (SSSR count). The average molecular weight is 356 g/mol. The molecule has 0 spiro atoms. The molecule has 1 atom stereocenters. The number of carbonyl (C=O) groups is 1. The maximum atomic E-state index is 13.6. The van der Waals surface area contributed by atoms with Crippen molar-refractivity contribution in [3.8, 4) is 0 Å². The number of benzene rings is 1. The summed E-state index contributed by atoms with van der Waals surface area (Å²) in [7, 11) is 0. The van der Waals surface area contributed by atoms with Crippen LogP contribution in [-0.2, 0) is 4.79 Å². The van der Waals surface area contributed by atoms with E-state index in [1.165, 1.54) is 12.1 Å². The Morgan fingerprint density at radius 3 is 2.73 bits per heavy atom. The first kappa shape index (κ1) is 16.8. The van der Waals surface area contributed by atoms with E-state index in [0.29, 0.717) is 23.0 Å². The lowest BCUT2D eigenvalue weighted by molar-refractivity contribution is -0.116. The Hall–Kier alpha value is -2.70. The molecule has 0 radical (unpaired) electrons. The third-order valence-corrected chi connectivity index (χ3v) is 5.27.